The van der Waals surface area contributed by atoms with Crippen LogP contribution >= 0.6 is 0 Å². The van der Waals surface area contributed by atoms with Crippen molar-refractivity contribution in [2.45, 2.75) is 58.4 Å². The molecule has 2 aromatic heterocycles. The normalized spacial score (nSPS) is 16.6. The number of anilines is 2. The number of carbonyl (C=O) groups is 3. The van der Waals surface area contributed by atoms with Crippen molar-refractivity contribution in [2.24, 2.45) is 0 Å². The van der Waals surface area contributed by atoms with Gasteiger partial charge < -0.3 is 34.9 Å². The Hall–Kier alpha value is -4.91. The molecule has 13 nitrogen and oxygen atoms in total. The fraction of sp³-hybridized carbons (Fsp3) is 0.406. The van der Waals surface area contributed by atoms with E-state index in [2.05, 4.69) is 32.0 Å². The summed E-state index contributed by atoms with van der Waals surface area (Å²) in [5, 5.41) is 8.83. The molecule has 2 aliphatic rings. The maximum absolute atomic E-state index is 12.5. The minimum Gasteiger partial charge on any atom is -0.480 e. The number of amides is 3. The molecule has 1 fully saturated rings. The van der Waals surface area contributed by atoms with Crippen molar-refractivity contribution in [3.05, 3.63) is 60.2 Å². The molecule has 4 heterocycles. The molecule has 1 unspecified atom stereocenters. The zero-order valence-electron chi connectivity index (χ0n) is 25.8. The summed E-state index contributed by atoms with van der Waals surface area (Å²) < 4.78 is 22.0. The monoisotopic (exact) mass is 618 g/mol. The van der Waals surface area contributed by atoms with Crippen LogP contribution in [0.15, 0.2) is 54.6 Å². The molecule has 3 N–H and O–H groups in total. The summed E-state index contributed by atoms with van der Waals surface area (Å²) in [6.07, 6.45) is -0.646. The van der Waals surface area contributed by atoms with Gasteiger partial charge in [-0.2, -0.15) is 0 Å². The molecule has 0 aliphatic carbocycles. The zero-order valence-corrected chi connectivity index (χ0v) is 25.8. The van der Waals surface area contributed by atoms with Gasteiger partial charge in [-0.05, 0) is 70.5 Å². The smallest absolute Gasteiger partial charge is 0.415 e. The van der Waals surface area contributed by atoms with Crippen LogP contribution in [0.4, 0.5) is 21.2 Å². The number of pyridine rings is 2. The Morgan fingerprint density at radius 1 is 1.13 bits per heavy atom. The molecule has 3 amide bonds. The fourth-order valence-corrected chi connectivity index (χ4v) is 4.72. The molecule has 2 atom stereocenters. The summed E-state index contributed by atoms with van der Waals surface area (Å²) in [4.78, 5) is 46.6. The van der Waals surface area contributed by atoms with E-state index in [9.17, 15) is 14.4 Å². The highest BCUT2D eigenvalue weighted by molar-refractivity contribution is 5.95. The average molecular weight is 619 g/mol. The Kier molecular flexibility index (Phi) is 9.67. The third-order valence-electron chi connectivity index (χ3n) is 6.77. The minimum atomic E-state index is -0.572. The molecule has 0 spiro atoms. The number of carbonyl (C=O) groups excluding carboxylic acids is 3. The fourth-order valence-electron chi connectivity index (χ4n) is 4.72. The van der Waals surface area contributed by atoms with Crippen LogP contribution in [0.2, 0.25) is 0 Å². The van der Waals surface area contributed by atoms with E-state index in [0.29, 0.717) is 49.3 Å². The van der Waals surface area contributed by atoms with Crippen molar-refractivity contribution >= 4 is 29.7 Å². The lowest BCUT2D eigenvalue weighted by Crippen LogP contribution is -2.40. The predicted molar refractivity (Wildman–Crippen MR) is 166 cm³/mol. The predicted octanol–water partition coefficient (Wildman–Crippen LogP) is 4.27. The van der Waals surface area contributed by atoms with Crippen molar-refractivity contribution in [1.29, 1.82) is 0 Å². The molecule has 0 saturated carbocycles. The summed E-state index contributed by atoms with van der Waals surface area (Å²) in [6.45, 7) is 9.06. The Morgan fingerprint density at radius 3 is 2.78 bits per heavy atom. The van der Waals surface area contributed by atoms with Crippen molar-refractivity contribution in [3.8, 4) is 22.9 Å². The molecule has 13 heteroatoms. The number of benzene rings is 1. The topological polar surface area (TPSA) is 153 Å². The van der Waals surface area contributed by atoms with Gasteiger partial charge in [0, 0.05) is 18.2 Å². The van der Waals surface area contributed by atoms with Gasteiger partial charge in [0.25, 0.3) is 5.91 Å². The summed E-state index contributed by atoms with van der Waals surface area (Å²) in [7, 11) is 0. The number of nitrogens with one attached hydrogen (secondary N) is 3. The van der Waals surface area contributed by atoms with Gasteiger partial charge in [0.05, 0.1) is 18.3 Å². The number of hydrogen-bond acceptors (Lipinski definition) is 10. The highest BCUT2D eigenvalue weighted by atomic mass is 16.6. The van der Waals surface area contributed by atoms with Gasteiger partial charge >= 0.3 is 12.2 Å². The lowest BCUT2D eigenvalue weighted by Gasteiger charge is -2.22. The number of hydrogen-bond donors (Lipinski definition) is 3. The van der Waals surface area contributed by atoms with Crippen LogP contribution in [0, 0.1) is 0 Å². The minimum absolute atomic E-state index is 0.0599. The Balaban J connectivity index is 1.08. The Bertz CT molecular complexity index is 1540. The first-order chi connectivity index (χ1) is 21.5. The Morgan fingerprint density at radius 2 is 1.96 bits per heavy atom. The lowest BCUT2D eigenvalue weighted by atomic mass is 10.1. The summed E-state index contributed by atoms with van der Waals surface area (Å²) in [6, 6.07) is 16.7. The molecule has 3 aromatic rings. The zero-order chi connectivity index (χ0) is 32.0. The molecule has 1 aromatic carbocycles. The third-order valence-corrected chi connectivity index (χ3v) is 6.77. The molecule has 1 saturated heterocycles. The van der Waals surface area contributed by atoms with Crippen molar-refractivity contribution in [3.63, 3.8) is 0 Å². The van der Waals surface area contributed by atoms with Gasteiger partial charge in [0.2, 0.25) is 5.88 Å². The number of aromatic nitrogens is 2. The Labute approximate surface area is 261 Å². The van der Waals surface area contributed by atoms with Crippen LogP contribution in [0.25, 0.3) is 11.3 Å². The van der Waals surface area contributed by atoms with Crippen LogP contribution in [0.3, 0.4) is 0 Å². The quantitative estimate of drug-likeness (QED) is 0.266. The third kappa shape index (κ3) is 8.82. The molecule has 2 aliphatic heterocycles. The average Bonchev–Trinajstić information content (AvgIpc) is 3.37. The second kappa shape index (κ2) is 13.8. The van der Waals surface area contributed by atoms with Gasteiger partial charge in [-0.3, -0.25) is 9.69 Å². The summed E-state index contributed by atoms with van der Waals surface area (Å²) in [5.74, 6) is 1.32. The molecule has 45 heavy (non-hydrogen) atoms. The van der Waals surface area contributed by atoms with E-state index in [1.807, 2.05) is 58.0 Å². The molecule has 0 bridgehead atoms. The first-order valence-electron chi connectivity index (χ1n) is 14.8. The molecule has 0 radical (unpaired) electrons. The number of cyclic esters (lactones) is 1. The van der Waals surface area contributed by atoms with Crippen LogP contribution in [-0.2, 0) is 20.8 Å². The number of rotatable bonds is 11. The van der Waals surface area contributed by atoms with E-state index < -0.39 is 17.8 Å². The van der Waals surface area contributed by atoms with Gasteiger partial charge in [-0.1, -0.05) is 24.3 Å². The second-order valence-corrected chi connectivity index (χ2v) is 11.9. The standard InChI is InChI=1S/C32H38N6O7/c1-20(34-30(40)45-32(2,3)4)18-43-28-10-6-9-24(35-28)22-8-5-7-21(15-22)16-33-14-13-23-17-38(31(41)44-23)26-12-11-25-29(36-26)37-27(39)19-42-25/h5-12,15,20,23,33H,13-14,16-19H2,1-4H3,(H,34,40)(H,36,37,39)/t20-,23?/m0/s1. The molecule has 5 rings (SSSR count). The van der Waals surface area contributed by atoms with E-state index in [-0.39, 0.29) is 31.3 Å². The lowest BCUT2D eigenvalue weighted by molar-refractivity contribution is -0.118. The van der Waals surface area contributed by atoms with Gasteiger partial charge in [-0.15, -0.1) is 0 Å². The van der Waals surface area contributed by atoms with E-state index in [1.165, 1.54) is 4.90 Å². The maximum atomic E-state index is 12.5. The largest absolute Gasteiger partial charge is 0.480 e. The first kappa shape index (κ1) is 31.5. The van der Waals surface area contributed by atoms with Crippen LogP contribution in [0.5, 0.6) is 11.6 Å². The SMILES string of the molecule is C[C@@H](COc1cccc(-c2cccc(CNCCC3CN(c4ccc5c(n4)NC(=O)CO5)C(=O)O3)c2)n1)NC(=O)OC(C)(C)C. The maximum Gasteiger partial charge on any atom is 0.415 e. The summed E-state index contributed by atoms with van der Waals surface area (Å²) in [5.41, 5.74) is 2.21. The number of alkyl carbamates (subject to hydrolysis) is 1. The van der Waals surface area contributed by atoms with Gasteiger partial charge in [-0.25, -0.2) is 19.6 Å². The molecular weight excluding hydrogens is 580 g/mol. The number of ether oxygens (including phenoxy) is 4. The highest BCUT2D eigenvalue weighted by Crippen LogP contribution is 2.30. The second-order valence-electron chi connectivity index (χ2n) is 11.9. The highest BCUT2D eigenvalue weighted by Gasteiger charge is 2.33. The van der Waals surface area contributed by atoms with Crippen molar-refractivity contribution < 1.29 is 33.3 Å². The molecule has 238 valence electrons. The van der Waals surface area contributed by atoms with E-state index >= 15 is 0 Å². The first-order valence-corrected chi connectivity index (χ1v) is 14.8. The van der Waals surface area contributed by atoms with E-state index in [1.54, 1.807) is 18.2 Å². The van der Waals surface area contributed by atoms with Crippen molar-refractivity contribution in [2.75, 3.05) is 36.5 Å². The molecular formula is C32H38N6O7. The van der Waals surface area contributed by atoms with Crippen LogP contribution in [0.1, 0.15) is 39.7 Å². The van der Waals surface area contributed by atoms with E-state index in [0.717, 1.165) is 16.8 Å². The van der Waals surface area contributed by atoms with E-state index in [4.69, 9.17) is 18.9 Å². The number of fused-ring (bicyclic) bond motifs is 1. The summed E-state index contributed by atoms with van der Waals surface area (Å²) >= 11 is 0. The number of nitrogens with zero attached hydrogens (tertiary/aromatic N) is 3. The van der Waals surface area contributed by atoms with Crippen LogP contribution < -0.4 is 30.3 Å². The van der Waals surface area contributed by atoms with Crippen LogP contribution in [-0.4, -0.2) is 72.1 Å². The van der Waals surface area contributed by atoms with Gasteiger partial charge in [0.15, 0.2) is 18.2 Å². The van der Waals surface area contributed by atoms with Gasteiger partial charge in [0.1, 0.15) is 24.1 Å². The van der Waals surface area contributed by atoms with Crippen molar-refractivity contribution in [1.82, 2.24) is 20.6 Å².